The minimum atomic E-state index is -3.55. The first-order chi connectivity index (χ1) is 12.1. The van der Waals surface area contributed by atoms with Crippen molar-refractivity contribution in [2.24, 2.45) is 0 Å². The van der Waals surface area contributed by atoms with Crippen LogP contribution in [-0.4, -0.2) is 43.5 Å². The van der Waals surface area contributed by atoms with E-state index >= 15 is 0 Å². The van der Waals surface area contributed by atoms with Crippen LogP contribution in [0.5, 0.6) is 0 Å². The average molecular weight is 381 g/mol. The van der Waals surface area contributed by atoms with Gasteiger partial charge in [-0.15, -0.1) is 0 Å². The number of hydrogen-bond donors (Lipinski definition) is 1. The number of nitrogens with zero attached hydrogens (tertiary/aromatic N) is 1. The van der Waals surface area contributed by atoms with Crippen LogP contribution < -0.4 is 5.32 Å². The topological polar surface area (TPSA) is 75.7 Å². The van der Waals surface area contributed by atoms with Crippen molar-refractivity contribution in [3.8, 4) is 0 Å². The molecule has 1 aromatic carbocycles. The van der Waals surface area contributed by atoms with Gasteiger partial charge < -0.3 is 10.1 Å². The monoisotopic (exact) mass is 380 g/mol. The standard InChI is InChI=1S/C19H28N2O4S/c1-19(2,3)25-18(22)20-16-8-5-11-21(13-16)26(23,24)17-10-9-14-6-4-7-15(14)12-17/h9-10,12,16H,4-8,11,13H2,1-3H3,(H,20,22)/t16-/m1/s1. The van der Waals surface area contributed by atoms with Crippen LogP contribution in [0.15, 0.2) is 23.1 Å². The SMILES string of the molecule is CC(C)(C)OC(=O)N[C@@H]1CCCN(S(=O)(=O)c2ccc3c(c2)CCC3)C1. The lowest BCUT2D eigenvalue weighted by Crippen LogP contribution is -2.50. The maximum Gasteiger partial charge on any atom is 0.407 e. The molecular weight excluding hydrogens is 352 g/mol. The van der Waals surface area contributed by atoms with Gasteiger partial charge in [-0.05, 0) is 76.1 Å². The molecule has 1 fully saturated rings. The zero-order valence-corrected chi connectivity index (χ0v) is 16.6. The smallest absolute Gasteiger partial charge is 0.407 e. The molecule has 0 unspecified atom stereocenters. The summed E-state index contributed by atoms with van der Waals surface area (Å²) < 4.78 is 32.8. The van der Waals surface area contributed by atoms with E-state index in [1.54, 1.807) is 26.8 Å². The summed E-state index contributed by atoms with van der Waals surface area (Å²) >= 11 is 0. The highest BCUT2D eigenvalue weighted by Gasteiger charge is 2.32. The molecule has 3 rings (SSSR count). The first-order valence-electron chi connectivity index (χ1n) is 9.27. The molecule has 0 spiro atoms. The van der Waals surface area contributed by atoms with Gasteiger partial charge in [-0.2, -0.15) is 4.31 Å². The summed E-state index contributed by atoms with van der Waals surface area (Å²) in [6.45, 7) is 6.17. The lowest BCUT2D eigenvalue weighted by molar-refractivity contribution is 0.0487. The molecule has 0 radical (unpaired) electrons. The molecule has 0 aromatic heterocycles. The third-order valence-electron chi connectivity index (χ3n) is 4.81. The number of aryl methyl sites for hydroxylation is 2. The number of sulfonamides is 1. The number of carbonyl (C=O) groups excluding carboxylic acids is 1. The highest BCUT2D eigenvalue weighted by atomic mass is 32.2. The fourth-order valence-corrected chi connectivity index (χ4v) is 5.19. The second-order valence-corrected chi connectivity index (χ2v) is 10.1. The molecule has 1 atom stereocenters. The van der Waals surface area contributed by atoms with Crippen molar-refractivity contribution in [2.45, 2.75) is 69.4 Å². The van der Waals surface area contributed by atoms with Crippen molar-refractivity contribution in [1.29, 1.82) is 0 Å². The Labute approximate surface area is 156 Å². The van der Waals surface area contributed by atoms with Gasteiger partial charge in [0.1, 0.15) is 5.60 Å². The third-order valence-corrected chi connectivity index (χ3v) is 6.67. The van der Waals surface area contributed by atoms with Gasteiger partial charge in [0.05, 0.1) is 4.90 Å². The average Bonchev–Trinajstić information content (AvgIpc) is 3.00. The van der Waals surface area contributed by atoms with Crippen LogP contribution in [-0.2, 0) is 27.6 Å². The molecule has 1 amide bonds. The number of benzene rings is 1. The number of piperidine rings is 1. The van der Waals surface area contributed by atoms with Crippen LogP contribution in [0.25, 0.3) is 0 Å². The molecule has 1 saturated heterocycles. The molecule has 1 heterocycles. The van der Waals surface area contributed by atoms with E-state index in [-0.39, 0.29) is 12.6 Å². The summed E-state index contributed by atoms with van der Waals surface area (Å²) in [5.74, 6) is 0. The number of fused-ring (bicyclic) bond motifs is 1. The van der Waals surface area contributed by atoms with E-state index in [0.29, 0.717) is 17.9 Å². The Hall–Kier alpha value is -1.60. The van der Waals surface area contributed by atoms with Gasteiger partial charge in [0.25, 0.3) is 0 Å². The van der Waals surface area contributed by atoms with E-state index in [2.05, 4.69) is 5.32 Å². The number of amides is 1. The number of carbonyl (C=O) groups is 1. The number of ether oxygens (including phenoxy) is 1. The van der Waals surface area contributed by atoms with E-state index in [1.165, 1.54) is 9.87 Å². The minimum absolute atomic E-state index is 0.234. The fraction of sp³-hybridized carbons (Fsp3) is 0.632. The quantitative estimate of drug-likeness (QED) is 0.875. The second kappa shape index (κ2) is 7.19. The van der Waals surface area contributed by atoms with E-state index in [9.17, 15) is 13.2 Å². The molecule has 1 N–H and O–H groups in total. The van der Waals surface area contributed by atoms with E-state index < -0.39 is 21.7 Å². The lowest BCUT2D eigenvalue weighted by Gasteiger charge is -2.33. The van der Waals surface area contributed by atoms with Crippen LogP contribution in [0.1, 0.15) is 51.2 Å². The lowest BCUT2D eigenvalue weighted by atomic mass is 10.1. The number of nitrogens with one attached hydrogen (secondary N) is 1. The van der Waals surface area contributed by atoms with Crippen LogP contribution >= 0.6 is 0 Å². The first-order valence-corrected chi connectivity index (χ1v) is 10.7. The largest absolute Gasteiger partial charge is 0.444 e. The summed E-state index contributed by atoms with van der Waals surface area (Å²) in [7, 11) is -3.55. The molecule has 0 bridgehead atoms. The van der Waals surface area contributed by atoms with E-state index in [0.717, 1.165) is 31.2 Å². The van der Waals surface area contributed by atoms with Gasteiger partial charge >= 0.3 is 6.09 Å². The molecule has 1 aliphatic carbocycles. The second-order valence-electron chi connectivity index (χ2n) is 8.13. The van der Waals surface area contributed by atoms with Gasteiger partial charge in [-0.3, -0.25) is 0 Å². The Morgan fingerprint density at radius 1 is 1.19 bits per heavy atom. The molecule has 2 aliphatic rings. The van der Waals surface area contributed by atoms with Gasteiger partial charge in [-0.1, -0.05) is 6.07 Å². The van der Waals surface area contributed by atoms with E-state index in [4.69, 9.17) is 4.74 Å². The number of alkyl carbamates (subject to hydrolysis) is 1. The Kier molecular flexibility index (Phi) is 5.30. The van der Waals surface area contributed by atoms with Gasteiger partial charge in [-0.25, -0.2) is 13.2 Å². The van der Waals surface area contributed by atoms with Crippen molar-refractivity contribution in [3.05, 3.63) is 29.3 Å². The van der Waals surface area contributed by atoms with Gasteiger partial charge in [0.15, 0.2) is 0 Å². The Bertz CT molecular complexity index is 783. The Morgan fingerprint density at radius 2 is 1.92 bits per heavy atom. The summed E-state index contributed by atoms with van der Waals surface area (Å²) in [5.41, 5.74) is 1.83. The summed E-state index contributed by atoms with van der Waals surface area (Å²) in [5, 5.41) is 2.80. The van der Waals surface area contributed by atoms with Crippen molar-refractivity contribution in [2.75, 3.05) is 13.1 Å². The van der Waals surface area contributed by atoms with Crippen LogP contribution in [0.4, 0.5) is 4.79 Å². The molecular formula is C19H28N2O4S. The molecule has 1 aliphatic heterocycles. The highest BCUT2D eigenvalue weighted by Crippen LogP contribution is 2.27. The molecule has 0 saturated carbocycles. The fourth-order valence-electron chi connectivity index (χ4n) is 3.61. The molecule has 7 heteroatoms. The van der Waals surface area contributed by atoms with Gasteiger partial charge in [0, 0.05) is 19.1 Å². The van der Waals surface area contributed by atoms with Gasteiger partial charge in [0.2, 0.25) is 10.0 Å². The zero-order chi connectivity index (χ0) is 18.9. The third kappa shape index (κ3) is 4.38. The predicted octanol–water partition coefficient (Wildman–Crippen LogP) is 2.85. The van der Waals surface area contributed by atoms with Crippen molar-refractivity contribution >= 4 is 16.1 Å². The normalized spacial score (nSPS) is 21.3. The van der Waals surface area contributed by atoms with Crippen molar-refractivity contribution in [1.82, 2.24) is 9.62 Å². The maximum atomic E-state index is 13.0. The maximum absolute atomic E-state index is 13.0. The molecule has 1 aromatic rings. The predicted molar refractivity (Wildman–Crippen MR) is 99.6 cm³/mol. The molecule has 144 valence electrons. The highest BCUT2D eigenvalue weighted by molar-refractivity contribution is 7.89. The van der Waals surface area contributed by atoms with E-state index in [1.807, 2.05) is 12.1 Å². The summed E-state index contributed by atoms with van der Waals surface area (Å²) in [6, 6.07) is 5.24. The van der Waals surface area contributed by atoms with Crippen LogP contribution in [0.2, 0.25) is 0 Å². The van der Waals surface area contributed by atoms with Crippen molar-refractivity contribution < 1.29 is 17.9 Å². The molecule has 26 heavy (non-hydrogen) atoms. The summed E-state index contributed by atoms with van der Waals surface area (Å²) in [6.07, 6.45) is 4.02. The van der Waals surface area contributed by atoms with Crippen LogP contribution in [0, 0.1) is 0 Å². The van der Waals surface area contributed by atoms with Crippen molar-refractivity contribution in [3.63, 3.8) is 0 Å². The Morgan fingerprint density at radius 3 is 2.65 bits per heavy atom. The number of rotatable bonds is 3. The molecule has 6 nitrogen and oxygen atoms in total. The Balaban J connectivity index is 1.69. The first kappa shape index (κ1) is 19.2. The minimum Gasteiger partial charge on any atom is -0.444 e. The zero-order valence-electron chi connectivity index (χ0n) is 15.7. The van der Waals surface area contributed by atoms with Crippen LogP contribution in [0.3, 0.4) is 0 Å². The number of hydrogen-bond acceptors (Lipinski definition) is 4. The summed E-state index contributed by atoms with van der Waals surface area (Å²) in [4.78, 5) is 12.3.